The number of benzene rings is 2. The van der Waals surface area contributed by atoms with Crippen molar-refractivity contribution in [3.63, 3.8) is 0 Å². The molecule has 158 valence electrons. The van der Waals surface area contributed by atoms with Crippen molar-refractivity contribution in [1.82, 2.24) is 20.9 Å². The normalized spacial score (nSPS) is 10.2. The Labute approximate surface area is 179 Å². The van der Waals surface area contributed by atoms with Crippen molar-refractivity contribution in [3.8, 4) is 11.3 Å². The summed E-state index contributed by atoms with van der Waals surface area (Å²) in [6, 6.07) is 16.3. The number of carbonyl (C=O) groups is 3. The highest BCUT2D eigenvalue weighted by molar-refractivity contribution is 6.06. The number of carbonyl (C=O) groups excluding carboxylic acids is 3. The lowest BCUT2D eigenvalue weighted by molar-refractivity contribution is -0.111. The van der Waals surface area contributed by atoms with Crippen LogP contribution in [0.25, 0.3) is 22.0 Å². The second-order valence-corrected chi connectivity index (χ2v) is 6.60. The molecular weight excluding hydrogens is 394 g/mol. The summed E-state index contributed by atoms with van der Waals surface area (Å²) in [7, 11) is 1.52. The van der Waals surface area contributed by atoms with Crippen molar-refractivity contribution in [2.24, 2.45) is 0 Å². The molecule has 0 fully saturated rings. The van der Waals surface area contributed by atoms with Gasteiger partial charge in [0, 0.05) is 36.8 Å². The molecule has 0 spiro atoms. The van der Waals surface area contributed by atoms with E-state index in [-0.39, 0.29) is 30.1 Å². The van der Waals surface area contributed by atoms with E-state index in [4.69, 9.17) is 0 Å². The summed E-state index contributed by atoms with van der Waals surface area (Å²) >= 11 is 0. The minimum Gasteiger partial charge on any atom is -0.349 e. The van der Waals surface area contributed by atoms with Crippen molar-refractivity contribution in [1.29, 1.82) is 0 Å². The summed E-state index contributed by atoms with van der Waals surface area (Å²) in [5, 5.41) is 12.4. The molecule has 0 atom stereocenters. The van der Waals surface area contributed by atoms with Gasteiger partial charge >= 0.3 is 6.03 Å². The molecule has 3 rings (SSSR count). The SMILES string of the molecule is C=CC(=O)Nc1cccc2ccc(-c3cccc(C(=O)NCCNC(=O)NC)n3)cc12. The van der Waals surface area contributed by atoms with Gasteiger partial charge in [0.2, 0.25) is 5.91 Å². The van der Waals surface area contributed by atoms with Crippen LogP contribution in [-0.4, -0.2) is 43.0 Å². The molecular formula is C23H23N5O3. The van der Waals surface area contributed by atoms with Gasteiger partial charge in [0.15, 0.2) is 0 Å². The van der Waals surface area contributed by atoms with Gasteiger partial charge in [0.25, 0.3) is 5.91 Å². The number of pyridine rings is 1. The van der Waals surface area contributed by atoms with Gasteiger partial charge in [-0.25, -0.2) is 9.78 Å². The molecule has 0 saturated heterocycles. The zero-order chi connectivity index (χ0) is 22.2. The van der Waals surface area contributed by atoms with Gasteiger partial charge in [-0.3, -0.25) is 9.59 Å². The van der Waals surface area contributed by atoms with E-state index >= 15 is 0 Å². The van der Waals surface area contributed by atoms with E-state index in [0.29, 0.717) is 17.9 Å². The summed E-state index contributed by atoms with van der Waals surface area (Å²) in [6.45, 7) is 4.06. The molecule has 2 aromatic carbocycles. The molecule has 8 nitrogen and oxygen atoms in total. The smallest absolute Gasteiger partial charge is 0.314 e. The number of urea groups is 1. The van der Waals surface area contributed by atoms with Gasteiger partial charge < -0.3 is 21.3 Å². The van der Waals surface area contributed by atoms with Gasteiger partial charge in [-0.05, 0) is 35.7 Å². The second-order valence-electron chi connectivity index (χ2n) is 6.60. The predicted octanol–water partition coefficient (Wildman–Crippen LogP) is 2.69. The van der Waals surface area contributed by atoms with Crippen molar-refractivity contribution < 1.29 is 14.4 Å². The number of aromatic nitrogens is 1. The second kappa shape index (κ2) is 10.0. The quantitative estimate of drug-likeness (QED) is 0.350. The first kappa shape index (κ1) is 21.5. The maximum Gasteiger partial charge on any atom is 0.314 e. The predicted molar refractivity (Wildman–Crippen MR) is 121 cm³/mol. The highest BCUT2D eigenvalue weighted by Gasteiger charge is 2.10. The molecule has 0 aliphatic carbocycles. The Bertz CT molecular complexity index is 1140. The van der Waals surface area contributed by atoms with Gasteiger partial charge in [-0.1, -0.05) is 36.9 Å². The Balaban J connectivity index is 1.80. The maximum absolute atomic E-state index is 12.4. The molecule has 4 N–H and O–H groups in total. The van der Waals surface area contributed by atoms with E-state index < -0.39 is 0 Å². The minimum atomic E-state index is -0.333. The van der Waals surface area contributed by atoms with Crippen LogP contribution < -0.4 is 21.3 Å². The Morgan fingerprint density at radius 2 is 1.77 bits per heavy atom. The molecule has 8 heteroatoms. The zero-order valence-electron chi connectivity index (χ0n) is 17.1. The highest BCUT2D eigenvalue weighted by Crippen LogP contribution is 2.28. The van der Waals surface area contributed by atoms with Crippen LogP contribution in [0.15, 0.2) is 67.3 Å². The van der Waals surface area contributed by atoms with Crippen LogP contribution in [0.3, 0.4) is 0 Å². The molecule has 0 bridgehead atoms. The largest absolute Gasteiger partial charge is 0.349 e. The monoisotopic (exact) mass is 417 g/mol. The van der Waals surface area contributed by atoms with Crippen molar-refractivity contribution in [2.75, 3.05) is 25.5 Å². The van der Waals surface area contributed by atoms with Gasteiger partial charge in [0.1, 0.15) is 5.69 Å². The standard InChI is InChI=1S/C23H23N5O3/c1-3-21(29)28-19-8-4-6-15-10-11-16(14-17(15)19)18-7-5-9-20(27-18)22(30)25-12-13-26-23(31)24-2/h3-11,14H,1,12-13H2,2H3,(H,25,30)(H,28,29)(H2,24,26,31). The Morgan fingerprint density at radius 1 is 1.00 bits per heavy atom. The van der Waals surface area contributed by atoms with E-state index in [0.717, 1.165) is 16.3 Å². The van der Waals surface area contributed by atoms with Gasteiger partial charge in [-0.2, -0.15) is 0 Å². The van der Waals surface area contributed by atoms with Gasteiger partial charge in [0.05, 0.1) is 5.69 Å². The number of nitrogens with zero attached hydrogens (tertiary/aromatic N) is 1. The van der Waals surface area contributed by atoms with Crippen LogP contribution in [0.5, 0.6) is 0 Å². The Kier molecular flexibility index (Phi) is 6.95. The van der Waals surface area contributed by atoms with E-state index in [1.165, 1.54) is 13.1 Å². The van der Waals surface area contributed by atoms with E-state index in [1.807, 2.05) is 42.5 Å². The highest BCUT2D eigenvalue weighted by atomic mass is 16.2. The number of hydrogen-bond donors (Lipinski definition) is 4. The third-order valence-corrected chi connectivity index (χ3v) is 4.53. The molecule has 1 heterocycles. The molecule has 31 heavy (non-hydrogen) atoms. The maximum atomic E-state index is 12.4. The van der Waals surface area contributed by atoms with E-state index in [2.05, 4.69) is 32.8 Å². The fourth-order valence-electron chi connectivity index (χ4n) is 2.98. The van der Waals surface area contributed by atoms with Crippen LogP contribution in [-0.2, 0) is 4.79 Å². The number of amides is 4. The molecule has 0 saturated carbocycles. The molecule has 1 aromatic heterocycles. The molecule has 0 unspecified atom stereocenters. The van der Waals surface area contributed by atoms with Crippen LogP contribution >= 0.6 is 0 Å². The van der Waals surface area contributed by atoms with E-state index in [9.17, 15) is 14.4 Å². The van der Waals surface area contributed by atoms with Crippen molar-refractivity contribution in [2.45, 2.75) is 0 Å². The first-order valence-electron chi connectivity index (χ1n) is 9.69. The molecule has 4 amide bonds. The fraction of sp³-hybridized carbons (Fsp3) is 0.130. The lowest BCUT2D eigenvalue weighted by atomic mass is 10.0. The Morgan fingerprint density at radius 3 is 2.55 bits per heavy atom. The summed E-state index contributed by atoms with van der Waals surface area (Å²) in [5.41, 5.74) is 2.37. The average Bonchev–Trinajstić information content (AvgIpc) is 2.81. The molecule has 3 aromatic rings. The van der Waals surface area contributed by atoms with Crippen LogP contribution in [0.1, 0.15) is 10.5 Å². The summed E-state index contributed by atoms with van der Waals surface area (Å²) in [4.78, 5) is 39.8. The number of anilines is 1. The lowest BCUT2D eigenvalue weighted by Gasteiger charge is -2.10. The molecule has 0 aliphatic heterocycles. The number of nitrogens with one attached hydrogen (secondary N) is 4. The first-order chi connectivity index (χ1) is 15.0. The molecule has 0 radical (unpaired) electrons. The third-order valence-electron chi connectivity index (χ3n) is 4.53. The summed E-state index contributed by atoms with van der Waals surface area (Å²) in [6.07, 6.45) is 1.22. The van der Waals surface area contributed by atoms with Crippen LogP contribution in [0.2, 0.25) is 0 Å². The third kappa shape index (κ3) is 5.45. The number of hydrogen-bond acceptors (Lipinski definition) is 4. The summed E-state index contributed by atoms with van der Waals surface area (Å²) < 4.78 is 0. The average molecular weight is 417 g/mol. The zero-order valence-corrected chi connectivity index (χ0v) is 17.1. The van der Waals surface area contributed by atoms with Crippen molar-refractivity contribution >= 4 is 34.3 Å². The molecule has 0 aliphatic rings. The van der Waals surface area contributed by atoms with Crippen LogP contribution in [0.4, 0.5) is 10.5 Å². The van der Waals surface area contributed by atoms with Crippen molar-refractivity contribution in [3.05, 3.63) is 72.9 Å². The first-order valence-corrected chi connectivity index (χ1v) is 9.69. The topological polar surface area (TPSA) is 112 Å². The van der Waals surface area contributed by atoms with Gasteiger partial charge in [-0.15, -0.1) is 0 Å². The van der Waals surface area contributed by atoms with E-state index in [1.54, 1.807) is 12.1 Å². The number of rotatable bonds is 7. The summed E-state index contributed by atoms with van der Waals surface area (Å²) in [5.74, 6) is -0.624. The number of fused-ring (bicyclic) bond motifs is 1. The minimum absolute atomic E-state index is 0.269. The van der Waals surface area contributed by atoms with Crippen LogP contribution in [0, 0.1) is 0 Å². The Hall–Kier alpha value is -4.20. The lowest BCUT2D eigenvalue weighted by Crippen LogP contribution is -2.38. The fourth-order valence-corrected chi connectivity index (χ4v) is 2.98.